The van der Waals surface area contributed by atoms with Crippen molar-refractivity contribution in [3.05, 3.63) is 64.2 Å². The highest BCUT2D eigenvalue weighted by Gasteiger charge is 2.22. The Balaban J connectivity index is 1.67. The monoisotopic (exact) mass is 365 g/mol. The minimum atomic E-state index is -0.472. The minimum Gasteiger partial charge on any atom is -0.481 e. The molecule has 0 spiro atoms. The summed E-state index contributed by atoms with van der Waals surface area (Å²) in [5, 5.41) is 3.13. The van der Waals surface area contributed by atoms with Crippen molar-refractivity contribution in [2.45, 2.75) is 71.9 Å². The quantitative estimate of drug-likeness (QED) is 0.762. The Morgan fingerprint density at radius 2 is 1.81 bits per heavy atom. The lowest BCUT2D eigenvalue weighted by molar-refractivity contribution is -0.128. The minimum absolute atomic E-state index is 0.0423. The van der Waals surface area contributed by atoms with E-state index in [0.717, 1.165) is 24.2 Å². The maximum atomic E-state index is 12.8. The second-order valence-electron chi connectivity index (χ2n) is 7.74. The number of nitrogens with one attached hydrogen (secondary N) is 1. The summed E-state index contributed by atoms with van der Waals surface area (Å²) >= 11 is 0. The number of hydrogen-bond acceptors (Lipinski definition) is 2. The Hall–Kier alpha value is -2.29. The van der Waals surface area contributed by atoms with Gasteiger partial charge in [-0.15, -0.1) is 0 Å². The van der Waals surface area contributed by atoms with E-state index in [4.69, 9.17) is 4.74 Å². The first-order valence-corrected chi connectivity index (χ1v) is 10.1. The molecule has 0 bridgehead atoms. The van der Waals surface area contributed by atoms with E-state index in [1.54, 1.807) is 0 Å². The molecule has 3 rings (SSSR count). The van der Waals surface area contributed by atoms with Crippen LogP contribution < -0.4 is 10.1 Å². The lowest BCUT2D eigenvalue weighted by atomic mass is 9.92. The zero-order valence-corrected chi connectivity index (χ0v) is 17.0. The summed E-state index contributed by atoms with van der Waals surface area (Å²) in [4.78, 5) is 12.8. The lowest BCUT2D eigenvalue weighted by Crippen LogP contribution is -2.39. The van der Waals surface area contributed by atoms with Gasteiger partial charge in [-0.3, -0.25) is 4.79 Å². The van der Waals surface area contributed by atoms with Gasteiger partial charge >= 0.3 is 0 Å². The van der Waals surface area contributed by atoms with Crippen LogP contribution in [0.3, 0.4) is 0 Å². The van der Waals surface area contributed by atoms with Crippen molar-refractivity contribution in [2.75, 3.05) is 0 Å². The predicted octanol–water partition coefficient (Wildman–Crippen LogP) is 5.22. The van der Waals surface area contributed by atoms with Gasteiger partial charge in [-0.25, -0.2) is 0 Å². The van der Waals surface area contributed by atoms with E-state index in [1.165, 1.54) is 35.1 Å². The highest BCUT2D eigenvalue weighted by Crippen LogP contribution is 2.26. The van der Waals surface area contributed by atoms with Gasteiger partial charge in [-0.05, 0) is 87.3 Å². The number of hydrogen-bond donors (Lipinski definition) is 1. The van der Waals surface area contributed by atoms with Gasteiger partial charge in [0.1, 0.15) is 5.75 Å². The van der Waals surface area contributed by atoms with Gasteiger partial charge < -0.3 is 10.1 Å². The zero-order valence-electron chi connectivity index (χ0n) is 17.0. The van der Waals surface area contributed by atoms with Crippen molar-refractivity contribution >= 4 is 5.91 Å². The van der Waals surface area contributed by atoms with E-state index in [9.17, 15) is 4.79 Å². The van der Waals surface area contributed by atoms with Gasteiger partial charge in [0.05, 0.1) is 6.04 Å². The molecule has 1 aliphatic rings. The molecule has 0 saturated carbocycles. The van der Waals surface area contributed by atoms with Crippen LogP contribution >= 0.6 is 0 Å². The molecule has 1 N–H and O–H groups in total. The van der Waals surface area contributed by atoms with Crippen molar-refractivity contribution in [3.8, 4) is 5.75 Å². The topological polar surface area (TPSA) is 38.3 Å². The second-order valence-corrected chi connectivity index (χ2v) is 7.74. The summed E-state index contributed by atoms with van der Waals surface area (Å²) in [6.45, 7) is 8.19. The van der Waals surface area contributed by atoms with Crippen LogP contribution in [0.25, 0.3) is 0 Å². The maximum absolute atomic E-state index is 12.8. The van der Waals surface area contributed by atoms with Crippen LogP contribution in [-0.2, 0) is 17.6 Å². The molecule has 2 aromatic rings. The third kappa shape index (κ3) is 4.71. The van der Waals surface area contributed by atoms with Crippen LogP contribution in [0, 0.1) is 13.8 Å². The molecule has 0 radical (unpaired) electrons. The number of amides is 1. The third-order valence-electron chi connectivity index (χ3n) is 5.51. The fourth-order valence-electron chi connectivity index (χ4n) is 3.97. The summed E-state index contributed by atoms with van der Waals surface area (Å²) < 4.78 is 6.07. The molecular formula is C24H31NO2. The van der Waals surface area contributed by atoms with Crippen LogP contribution in [0.4, 0.5) is 0 Å². The van der Waals surface area contributed by atoms with Gasteiger partial charge in [0.15, 0.2) is 6.10 Å². The van der Waals surface area contributed by atoms with E-state index in [1.807, 2.05) is 19.9 Å². The van der Waals surface area contributed by atoms with Crippen molar-refractivity contribution in [3.63, 3.8) is 0 Å². The molecule has 0 fully saturated rings. The first kappa shape index (κ1) is 19.5. The number of fused-ring (bicyclic) bond motifs is 1. The number of carbonyl (C=O) groups excluding carboxylic acids is 1. The molecule has 1 amide bonds. The first-order chi connectivity index (χ1) is 13.0. The fourth-order valence-corrected chi connectivity index (χ4v) is 3.97. The summed E-state index contributed by atoms with van der Waals surface area (Å²) in [5.41, 5.74) is 6.38. The molecule has 3 nitrogen and oxygen atoms in total. The van der Waals surface area contributed by atoms with Crippen molar-refractivity contribution in [2.24, 2.45) is 0 Å². The molecule has 1 aliphatic carbocycles. The van der Waals surface area contributed by atoms with E-state index in [2.05, 4.69) is 49.5 Å². The third-order valence-corrected chi connectivity index (χ3v) is 5.51. The van der Waals surface area contributed by atoms with E-state index < -0.39 is 6.10 Å². The second kappa shape index (κ2) is 8.60. The maximum Gasteiger partial charge on any atom is 0.261 e. The predicted molar refractivity (Wildman–Crippen MR) is 110 cm³/mol. The number of benzene rings is 2. The Kier molecular flexibility index (Phi) is 6.20. The molecular weight excluding hydrogens is 334 g/mol. The Bertz CT molecular complexity index is 812. The van der Waals surface area contributed by atoms with Gasteiger partial charge in [0, 0.05) is 0 Å². The van der Waals surface area contributed by atoms with E-state index >= 15 is 0 Å². The first-order valence-electron chi connectivity index (χ1n) is 10.1. The van der Waals surface area contributed by atoms with Gasteiger partial charge in [-0.1, -0.05) is 36.8 Å². The Morgan fingerprint density at radius 1 is 1.07 bits per heavy atom. The highest BCUT2D eigenvalue weighted by atomic mass is 16.5. The average molecular weight is 366 g/mol. The molecule has 2 aromatic carbocycles. The molecule has 0 heterocycles. The van der Waals surface area contributed by atoms with Crippen LogP contribution in [0.2, 0.25) is 0 Å². The van der Waals surface area contributed by atoms with E-state index in [0.29, 0.717) is 6.42 Å². The number of carbonyl (C=O) groups is 1. The van der Waals surface area contributed by atoms with Gasteiger partial charge in [0.25, 0.3) is 5.91 Å². The molecule has 144 valence electrons. The lowest BCUT2D eigenvalue weighted by Gasteiger charge is -2.23. The smallest absolute Gasteiger partial charge is 0.261 e. The average Bonchev–Trinajstić information content (AvgIpc) is 2.65. The summed E-state index contributed by atoms with van der Waals surface area (Å²) in [7, 11) is 0. The van der Waals surface area contributed by atoms with Crippen molar-refractivity contribution in [1.82, 2.24) is 5.32 Å². The Labute approximate surface area is 163 Å². The normalized spacial score (nSPS) is 15.6. The molecule has 0 saturated heterocycles. The van der Waals surface area contributed by atoms with Gasteiger partial charge in [-0.2, -0.15) is 0 Å². The molecule has 27 heavy (non-hydrogen) atoms. The van der Waals surface area contributed by atoms with Crippen molar-refractivity contribution < 1.29 is 9.53 Å². The van der Waals surface area contributed by atoms with Crippen molar-refractivity contribution in [1.29, 1.82) is 0 Å². The highest BCUT2D eigenvalue weighted by molar-refractivity contribution is 5.81. The number of ether oxygens (including phenoxy) is 1. The fraction of sp³-hybridized carbons (Fsp3) is 0.458. The molecule has 0 unspecified atom stereocenters. The largest absolute Gasteiger partial charge is 0.481 e. The standard InChI is InChI=1S/C24H31NO2/c1-5-23(27-21-12-11-19-8-6-7-9-20(19)15-21)24(26)25-18(4)22-13-10-16(2)14-17(22)3/h10-15,18,23H,5-9H2,1-4H3,(H,25,26)/t18-,23+/m1/s1. The zero-order chi connectivity index (χ0) is 19.4. The number of aryl methyl sites for hydroxylation is 4. The van der Waals surface area contributed by atoms with Crippen LogP contribution in [-0.4, -0.2) is 12.0 Å². The molecule has 3 heteroatoms. The van der Waals surface area contributed by atoms with E-state index in [-0.39, 0.29) is 11.9 Å². The van der Waals surface area contributed by atoms with Gasteiger partial charge in [0.2, 0.25) is 0 Å². The SMILES string of the molecule is CC[C@H](Oc1ccc2c(c1)CCCC2)C(=O)N[C@H](C)c1ccc(C)cc1C. The number of rotatable bonds is 6. The Morgan fingerprint density at radius 3 is 2.52 bits per heavy atom. The van der Waals surface area contributed by atoms with Crippen LogP contribution in [0.5, 0.6) is 5.75 Å². The summed E-state index contributed by atoms with van der Waals surface area (Å²) in [6.07, 6.45) is 4.94. The summed E-state index contributed by atoms with van der Waals surface area (Å²) in [5.74, 6) is 0.750. The van der Waals surface area contributed by atoms with Crippen LogP contribution in [0.1, 0.15) is 67.0 Å². The summed E-state index contributed by atoms with van der Waals surface area (Å²) in [6, 6.07) is 12.6. The molecule has 0 aromatic heterocycles. The molecule has 0 aliphatic heterocycles. The van der Waals surface area contributed by atoms with Crippen LogP contribution in [0.15, 0.2) is 36.4 Å². The molecule has 2 atom stereocenters.